The third-order valence-corrected chi connectivity index (χ3v) is 3.32. The second-order valence-electron chi connectivity index (χ2n) is 4.41. The maximum Gasteiger partial charge on any atom is 0.223 e. The lowest BCUT2D eigenvalue weighted by atomic mass is 10.3. The maximum atomic E-state index is 5.79. The predicted octanol–water partition coefficient (Wildman–Crippen LogP) is 3.92. The van der Waals surface area contributed by atoms with Crippen molar-refractivity contribution in [1.29, 1.82) is 0 Å². The van der Waals surface area contributed by atoms with Gasteiger partial charge in [0.05, 0.1) is 7.11 Å². The molecule has 0 radical (unpaired) electrons. The topological polar surface area (TPSA) is 44.2 Å². The molecule has 1 saturated carbocycles. The number of nitrogens with zero attached hydrogens (tertiary/aromatic N) is 2. The minimum absolute atomic E-state index is 0.484. The van der Waals surface area contributed by atoms with Gasteiger partial charge in [-0.2, -0.15) is 4.98 Å². The third-order valence-electron chi connectivity index (χ3n) is 2.91. The fourth-order valence-corrected chi connectivity index (χ4v) is 2.18. The lowest BCUT2D eigenvalue weighted by Crippen LogP contribution is -1.97. The minimum Gasteiger partial charge on any atom is -0.493 e. The Hall–Kier alpha value is -1.62. The van der Waals surface area contributed by atoms with Crippen LogP contribution in [0.2, 0.25) is 0 Å². The second-order valence-corrected chi connectivity index (χ2v) is 5.23. The summed E-state index contributed by atoms with van der Waals surface area (Å²) >= 11 is 3.40. The van der Waals surface area contributed by atoms with E-state index in [1.54, 1.807) is 13.2 Å². The van der Waals surface area contributed by atoms with Crippen molar-refractivity contribution in [3.63, 3.8) is 0 Å². The van der Waals surface area contributed by atoms with Gasteiger partial charge >= 0.3 is 0 Å². The van der Waals surface area contributed by atoms with Crippen LogP contribution in [-0.2, 0) is 0 Å². The van der Waals surface area contributed by atoms with Gasteiger partial charge in [-0.1, -0.05) is 12.1 Å². The largest absolute Gasteiger partial charge is 0.493 e. The molecular formula is C14H13BrN2O2. The van der Waals surface area contributed by atoms with Crippen LogP contribution in [0.25, 0.3) is 0 Å². The Labute approximate surface area is 119 Å². The number of ether oxygens (including phenoxy) is 2. The number of para-hydroxylation sites is 2. The van der Waals surface area contributed by atoms with Crippen LogP contribution < -0.4 is 9.47 Å². The first-order chi connectivity index (χ1) is 9.26. The number of methoxy groups -OCH3 is 1. The lowest BCUT2D eigenvalue weighted by molar-refractivity contribution is 0.373. The SMILES string of the molecule is COc1ccccc1Oc1cc(Br)nc(C2CC2)n1. The molecule has 1 aliphatic rings. The second kappa shape index (κ2) is 5.17. The summed E-state index contributed by atoms with van der Waals surface area (Å²) < 4.78 is 11.8. The Bertz CT molecular complexity index is 600. The van der Waals surface area contributed by atoms with Crippen molar-refractivity contribution < 1.29 is 9.47 Å². The van der Waals surface area contributed by atoms with E-state index in [-0.39, 0.29) is 0 Å². The summed E-state index contributed by atoms with van der Waals surface area (Å²) in [7, 11) is 1.62. The summed E-state index contributed by atoms with van der Waals surface area (Å²) in [5.74, 6) is 3.20. The van der Waals surface area contributed by atoms with E-state index in [1.165, 1.54) is 0 Å². The van der Waals surface area contributed by atoms with Gasteiger partial charge in [-0.25, -0.2) is 4.98 Å². The van der Waals surface area contributed by atoms with Crippen molar-refractivity contribution in [2.45, 2.75) is 18.8 Å². The van der Waals surface area contributed by atoms with Crippen LogP contribution in [0.4, 0.5) is 0 Å². The normalized spacial score (nSPS) is 14.2. The van der Waals surface area contributed by atoms with E-state index >= 15 is 0 Å². The molecule has 1 aromatic heterocycles. The summed E-state index contributed by atoms with van der Waals surface area (Å²) in [6.45, 7) is 0. The predicted molar refractivity (Wildman–Crippen MR) is 74.8 cm³/mol. The average molecular weight is 321 g/mol. The molecule has 0 bridgehead atoms. The molecule has 0 amide bonds. The first kappa shape index (κ1) is 12.4. The third kappa shape index (κ3) is 2.87. The van der Waals surface area contributed by atoms with Gasteiger partial charge in [0.2, 0.25) is 5.88 Å². The molecule has 1 fully saturated rings. The molecule has 4 nitrogen and oxygen atoms in total. The molecule has 1 heterocycles. The van der Waals surface area contributed by atoms with E-state index < -0.39 is 0 Å². The van der Waals surface area contributed by atoms with Gasteiger partial charge in [0.25, 0.3) is 0 Å². The summed E-state index contributed by atoms with van der Waals surface area (Å²) in [5.41, 5.74) is 0. The first-order valence-corrected chi connectivity index (χ1v) is 6.91. The molecule has 98 valence electrons. The number of hydrogen-bond donors (Lipinski definition) is 0. The molecule has 19 heavy (non-hydrogen) atoms. The Kier molecular flexibility index (Phi) is 3.38. The Morgan fingerprint density at radius 3 is 2.58 bits per heavy atom. The number of rotatable bonds is 4. The maximum absolute atomic E-state index is 5.79. The van der Waals surface area contributed by atoms with Gasteiger partial charge in [-0.15, -0.1) is 0 Å². The Morgan fingerprint density at radius 1 is 1.16 bits per heavy atom. The van der Waals surface area contributed by atoms with E-state index in [1.807, 2.05) is 24.3 Å². The molecule has 2 aromatic rings. The molecule has 5 heteroatoms. The van der Waals surface area contributed by atoms with Crippen LogP contribution in [0.3, 0.4) is 0 Å². The molecule has 0 spiro atoms. The van der Waals surface area contributed by atoms with Crippen LogP contribution >= 0.6 is 15.9 Å². The van der Waals surface area contributed by atoms with E-state index in [0.29, 0.717) is 23.3 Å². The fraction of sp³-hybridized carbons (Fsp3) is 0.286. The number of benzene rings is 1. The zero-order valence-electron chi connectivity index (χ0n) is 10.5. The van der Waals surface area contributed by atoms with Crippen molar-refractivity contribution in [2.75, 3.05) is 7.11 Å². The molecule has 1 aliphatic carbocycles. The highest BCUT2D eigenvalue weighted by Gasteiger charge is 2.27. The number of aromatic nitrogens is 2. The fourth-order valence-electron chi connectivity index (χ4n) is 1.81. The van der Waals surface area contributed by atoms with Gasteiger partial charge < -0.3 is 9.47 Å². The van der Waals surface area contributed by atoms with Crippen LogP contribution in [-0.4, -0.2) is 17.1 Å². The van der Waals surface area contributed by atoms with Crippen molar-refractivity contribution >= 4 is 15.9 Å². The number of halogens is 1. The van der Waals surface area contributed by atoms with E-state index in [4.69, 9.17) is 9.47 Å². The number of hydrogen-bond acceptors (Lipinski definition) is 4. The molecule has 0 aliphatic heterocycles. The average Bonchev–Trinajstić information content (AvgIpc) is 3.23. The van der Waals surface area contributed by atoms with E-state index in [0.717, 1.165) is 23.3 Å². The first-order valence-electron chi connectivity index (χ1n) is 6.11. The Balaban J connectivity index is 1.90. The molecule has 1 aromatic carbocycles. The standard InChI is InChI=1S/C14H13BrN2O2/c1-18-10-4-2-3-5-11(10)19-13-8-12(15)16-14(17-13)9-6-7-9/h2-5,8-9H,6-7H2,1H3. The highest BCUT2D eigenvalue weighted by Crippen LogP contribution is 2.39. The summed E-state index contributed by atoms with van der Waals surface area (Å²) in [6, 6.07) is 9.27. The molecule has 0 N–H and O–H groups in total. The molecular weight excluding hydrogens is 308 g/mol. The van der Waals surface area contributed by atoms with Gasteiger partial charge in [-0.05, 0) is 40.9 Å². The van der Waals surface area contributed by atoms with Crippen LogP contribution in [0.1, 0.15) is 24.6 Å². The van der Waals surface area contributed by atoms with Crippen molar-refractivity contribution in [3.05, 3.63) is 40.8 Å². The Morgan fingerprint density at radius 2 is 1.89 bits per heavy atom. The molecule has 0 atom stereocenters. The van der Waals surface area contributed by atoms with Crippen molar-refractivity contribution in [1.82, 2.24) is 9.97 Å². The van der Waals surface area contributed by atoms with Crippen molar-refractivity contribution in [2.24, 2.45) is 0 Å². The summed E-state index contributed by atoms with van der Waals surface area (Å²) in [4.78, 5) is 8.82. The minimum atomic E-state index is 0.484. The quantitative estimate of drug-likeness (QED) is 0.801. The molecule has 3 rings (SSSR count). The highest BCUT2D eigenvalue weighted by molar-refractivity contribution is 9.10. The van der Waals surface area contributed by atoms with Gasteiger partial charge in [-0.3, -0.25) is 0 Å². The van der Waals surface area contributed by atoms with E-state index in [2.05, 4.69) is 25.9 Å². The van der Waals surface area contributed by atoms with Gasteiger partial charge in [0.1, 0.15) is 10.4 Å². The van der Waals surface area contributed by atoms with E-state index in [9.17, 15) is 0 Å². The molecule has 0 saturated heterocycles. The summed E-state index contributed by atoms with van der Waals surface area (Å²) in [5, 5.41) is 0. The highest BCUT2D eigenvalue weighted by atomic mass is 79.9. The van der Waals surface area contributed by atoms with Gasteiger partial charge in [0.15, 0.2) is 11.5 Å². The zero-order valence-corrected chi connectivity index (χ0v) is 12.1. The van der Waals surface area contributed by atoms with Gasteiger partial charge in [0, 0.05) is 12.0 Å². The monoisotopic (exact) mass is 320 g/mol. The molecule has 0 unspecified atom stereocenters. The smallest absolute Gasteiger partial charge is 0.223 e. The van der Waals surface area contributed by atoms with Crippen molar-refractivity contribution in [3.8, 4) is 17.4 Å². The zero-order chi connectivity index (χ0) is 13.2. The lowest BCUT2D eigenvalue weighted by Gasteiger charge is -2.10. The van der Waals surface area contributed by atoms with Crippen LogP contribution in [0.15, 0.2) is 34.9 Å². The summed E-state index contributed by atoms with van der Waals surface area (Å²) in [6.07, 6.45) is 2.31. The van der Waals surface area contributed by atoms with Crippen LogP contribution in [0, 0.1) is 0 Å². The van der Waals surface area contributed by atoms with Crippen LogP contribution in [0.5, 0.6) is 17.4 Å².